The molecule has 1 atom stereocenters. The summed E-state index contributed by atoms with van der Waals surface area (Å²) in [7, 11) is 0. The Kier molecular flexibility index (Phi) is 4.86. The number of nitrogens with zero attached hydrogens (tertiary/aromatic N) is 3. The fourth-order valence-electron chi connectivity index (χ4n) is 2.89. The van der Waals surface area contributed by atoms with E-state index in [9.17, 15) is 4.79 Å². The van der Waals surface area contributed by atoms with Gasteiger partial charge in [-0.05, 0) is 56.5 Å². The molecule has 2 aromatic rings. The summed E-state index contributed by atoms with van der Waals surface area (Å²) in [5, 5.41) is 2.97. The smallest absolute Gasteiger partial charge is 0.251 e. The molecule has 0 aliphatic carbocycles. The van der Waals surface area contributed by atoms with Crippen LogP contribution >= 0.6 is 0 Å². The molecule has 0 spiro atoms. The molecule has 120 valence electrons. The van der Waals surface area contributed by atoms with E-state index in [0.717, 1.165) is 18.8 Å². The van der Waals surface area contributed by atoms with Crippen LogP contribution in [0.2, 0.25) is 0 Å². The molecule has 0 radical (unpaired) electrons. The standard InChI is InChI=1S/C18H22N4O/c1-14(17-9-10-19-13-20-17)21-18(23)15-5-7-16(8-6-15)22-11-3-2-4-12-22/h5-10,13-14H,2-4,11-12H2,1H3,(H,21,23)/t14-/m0/s1. The lowest BCUT2D eigenvalue weighted by molar-refractivity contribution is 0.0939. The van der Waals surface area contributed by atoms with E-state index in [2.05, 4.69) is 20.2 Å². The molecule has 2 heterocycles. The molecular formula is C18H22N4O. The van der Waals surface area contributed by atoms with Crippen molar-refractivity contribution in [2.75, 3.05) is 18.0 Å². The number of nitrogens with one attached hydrogen (secondary N) is 1. The average Bonchev–Trinajstić information content (AvgIpc) is 2.63. The van der Waals surface area contributed by atoms with Crippen molar-refractivity contribution in [3.63, 3.8) is 0 Å². The van der Waals surface area contributed by atoms with Crippen molar-refractivity contribution < 1.29 is 4.79 Å². The number of carbonyl (C=O) groups excluding carboxylic acids is 1. The predicted molar refractivity (Wildman–Crippen MR) is 90.4 cm³/mol. The van der Waals surface area contributed by atoms with E-state index in [-0.39, 0.29) is 11.9 Å². The van der Waals surface area contributed by atoms with Gasteiger partial charge in [-0.2, -0.15) is 0 Å². The van der Waals surface area contributed by atoms with Crippen LogP contribution in [-0.2, 0) is 0 Å². The second kappa shape index (κ2) is 7.22. The Bertz CT molecular complexity index is 636. The first-order valence-electron chi connectivity index (χ1n) is 8.16. The van der Waals surface area contributed by atoms with E-state index in [0.29, 0.717) is 5.56 Å². The van der Waals surface area contributed by atoms with Crippen LogP contribution in [0.1, 0.15) is 48.3 Å². The highest BCUT2D eigenvalue weighted by atomic mass is 16.1. The van der Waals surface area contributed by atoms with E-state index in [1.54, 1.807) is 6.20 Å². The molecule has 1 amide bonds. The van der Waals surface area contributed by atoms with Crippen LogP contribution in [0.4, 0.5) is 5.69 Å². The first-order chi connectivity index (χ1) is 11.2. The Morgan fingerprint density at radius 1 is 1.13 bits per heavy atom. The van der Waals surface area contributed by atoms with Gasteiger partial charge in [0.25, 0.3) is 5.91 Å². The van der Waals surface area contributed by atoms with Gasteiger partial charge in [0.05, 0.1) is 11.7 Å². The highest BCUT2D eigenvalue weighted by Crippen LogP contribution is 2.20. The summed E-state index contributed by atoms with van der Waals surface area (Å²) in [6.07, 6.45) is 6.99. The van der Waals surface area contributed by atoms with Crippen LogP contribution < -0.4 is 10.2 Å². The fraction of sp³-hybridized carbons (Fsp3) is 0.389. The summed E-state index contributed by atoms with van der Waals surface area (Å²) in [5.74, 6) is -0.0821. The van der Waals surface area contributed by atoms with E-state index < -0.39 is 0 Å². The van der Waals surface area contributed by atoms with Crippen LogP contribution in [0.25, 0.3) is 0 Å². The predicted octanol–water partition coefficient (Wildman–Crippen LogP) is 2.96. The maximum atomic E-state index is 12.3. The molecule has 5 heteroatoms. The molecule has 0 bridgehead atoms. The molecule has 1 aliphatic heterocycles. The van der Waals surface area contributed by atoms with Crippen molar-refractivity contribution in [2.24, 2.45) is 0 Å². The summed E-state index contributed by atoms with van der Waals surface area (Å²) in [4.78, 5) is 22.8. The number of benzene rings is 1. The lowest BCUT2D eigenvalue weighted by Gasteiger charge is -2.28. The third-order valence-electron chi connectivity index (χ3n) is 4.25. The van der Waals surface area contributed by atoms with E-state index >= 15 is 0 Å². The number of carbonyl (C=O) groups is 1. The van der Waals surface area contributed by atoms with Crippen LogP contribution in [0, 0.1) is 0 Å². The second-order valence-corrected chi connectivity index (χ2v) is 5.92. The summed E-state index contributed by atoms with van der Waals surface area (Å²) in [6, 6.07) is 9.53. The van der Waals surface area contributed by atoms with Gasteiger partial charge in [-0.25, -0.2) is 9.97 Å². The van der Waals surface area contributed by atoms with Crippen LogP contribution in [0.3, 0.4) is 0 Å². The molecule has 23 heavy (non-hydrogen) atoms. The van der Waals surface area contributed by atoms with Crippen molar-refractivity contribution >= 4 is 11.6 Å². The first-order valence-corrected chi connectivity index (χ1v) is 8.16. The van der Waals surface area contributed by atoms with Gasteiger partial charge in [0.2, 0.25) is 0 Å². The molecule has 0 saturated carbocycles. The SMILES string of the molecule is C[C@H](NC(=O)c1ccc(N2CCCCC2)cc1)c1ccncn1. The van der Waals surface area contributed by atoms with Gasteiger partial charge < -0.3 is 10.2 Å². The van der Waals surface area contributed by atoms with E-state index in [1.165, 1.54) is 31.3 Å². The Morgan fingerprint density at radius 2 is 1.87 bits per heavy atom. The van der Waals surface area contributed by atoms with Gasteiger partial charge in [0.15, 0.2) is 0 Å². The zero-order valence-electron chi connectivity index (χ0n) is 13.4. The zero-order valence-corrected chi connectivity index (χ0v) is 13.4. The quantitative estimate of drug-likeness (QED) is 0.943. The average molecular weight is 310 g/mol. The number of amides is 1. The molecule has 1 aromatic carbocycles. The zero-order chi connectivity index (χ0) is 16.1. The van der Waals surface area contributed by atoms with Gasteiger partial charge in [-0.1, -0.05) is 0 Å². The van der Waals surface area contributed by atoms with Crippen LogP contribution in [0.5, 0.6) is 0 Å². The topological polar surface area (TPSA) is 58.1 Å². The van der Waals surface area contributed by atoms with E-state index in [4.69, 9.17) is 0 Å². The number of hydrogen-bond donors (Lipinski definition) is 1. The van der Waals surface area contributed by atoms with Crippen molar-refractivity contribution in [3.05, 3.63) is 54.1 Å². The number of aromatic nitrogens is 2. The van der Waals surface area contributed by atoms with Gasteiger partial charge in [0.1, 0.15) is 6.33 Å². The van der Waals surface area contributed by atoms with Gasteiger partial charge in [-0.3, -0.25) is 4.79 Å². The Labute approximate surface area is 136 Å². The van der Waals surface area contributed by atoms with Gasteiger partial charge in [-0.15, -0.1) is 0 Å². The molecule has 1 saturated heterocycles. The van der Waals surface area contributed by atoms with Gasteiger partial charge in [0, 0.05) is 30.5 Å². The molecule has 1 N–H and O–H groups in total. The number of piperidine rings is 1. The highest BCUT2D eigenvalue weighted by molar-refractivity contribution is 5.94. The largest absolute Gasteiger partial charge is 0.372 e. The van der Waals surface area contributed by atoms with Crippen molar-refractivity contribution in [2.45, 2.75) is 32.2 Å². The Morgan fingerprint density at radius 3 is 2.52 bits per heavy atom. The monoisotopic (exact) mass is 310 g/mol. The molecule has 1 aliphatic rings. The van der Waals surface area contributed by atoms with E-state index in [1.807, 2.05) is 37.3 Å². The maximum Gasteiger partial charge on any atom is 0.251 e. The third kappa shape index (κ3) is 3.86. The lowest BCUT2D eigenvalue weighted by Crippen LogP contribution is -2.29. The summed E-state index contributed by atoms with van der Waals surface area (Å²) >= 11 is 0. The second-order valence-electron chi connectivity index (χ2n) is 5.92. The molecule has 0 unspecified atom stereocenters. The normalized spacial score (nSPS) is 16.0. The first kappa shape index (κ1) is 15.5. The number of rotatable bonds is 4. The Hall–Kier alpha value is -2.43. The third-order valence-corrected chi connectivity index (χ3v) is 4.25. The fourth-order valence-corrected chi connectivity index (χ4v) is 2.89. The molecule has 1 aromatic heterocycles. The van der Waals surface area contributed by atoms with Crippen LogP contribution in [0.15, 0.2) is 42.9 Å². The number of hydrogen-bond acceptors (Lipinski definition) is 4. The minimum absolute atomic E-state index is 0.0821. The van der Waals surface area contributed by atoms with Gasteiger partial charge >= 0.3 is 0 Å². The molecule has 1 fully saturated rings. The van der Waals surface area contributed by atoms with Crippen LogP contribution in [-0.4, -0.2) is 29.0 Å². The summed E-state index contributed by atoms with van der Waals surface area (Å²) in [5.41, 5.74) is 2.68. The van der Waals surface area contributed by atoms with Crippen molar-refractivity contribution in [1.29, 1.82) is 0 Å². The Balaban J connectivity index is 1.63. The summed E-state index contributed by atoms with van der Waals surface area (Å²) in [6.45, 7) is 4.13. The number of anilines is 1. The summed E-state index contributed by atoms with van der Waals surface area (Å²) < 4.78 is 0. The minimum Gasteiger partial charge on any atom is -0.372 e. The lowest BCUT2D eigenvalue weighted by atomic mass is 10.1. The molecule has 3 rings (SSSR count). The minimum atomic E-state index is -0.146. The van der Waals surface area contributed by atoms with Crippen molar-refractivity contribution in [3.8, 4) is 0 Å². The maximum absolute atomic E-state index is 12.3. The molecular weight excluding hydrogens is 288 g/mol. The highest BCUT2D eigenvalue weighted by Gasteiger charge is 2.14. The van der Waals surface area contributed by atoms with Crippen molar-refractivity contribution in [1.82, 2.24) is 15.3 Å². The molecule has 5 nitrogen and oxygen atoms in total.